The maximum Gasteiger partial charge on any atom is 0.342 e. The highest BCUT2D eigenvalue weighted by molar-refractivity contribution is 6.31. The first-order chi connectivity index (χ1) is 15.6. The van der Waals surface area contributed by atoms with Crippen molar-refractivity contribution >= 4 is 40.6 Å². The predicted molar refractivity (Wildman–Crippen MR) is 125 cm³/mol. The lowest BCUT2D eigenvalue weighted by atomic mass is 9.91. The van der Waals surface area contributed by atoms with Crippen LogP contribution < -0.4 is 14.8 Å². The summed E-state index contributed by atoms with van der Waals surface area (Å²) in [5.41, 5.74) is 3.33. The van der Waals surface area contributed by atoms with Gasteiger partial charge in [0.05, 0.1) is 12.3 Å². The third kappa shape index (κ3) is 4.24. The highest BCUT2D eigenvalue weighted by Gasteiger charge is 2.32. The second-order valence-electron chi connectivity index (χ2n) is 7.47. The fourth-order valence-corrected chi connectivity index (χ4v) is 4.03. The number of fused-ring (bicyclic) bond motifs is 1. The third-order valence-corrected chi connectivity index (χ3v) is 5.86. The number of anilines is 1. The van der Waals surface area contributed by atoms with Gasteiger partial charge in [0.1, 0.15) is 13.2 Å². The Morgan fingerprint density at radius 2 is 1.56 bits per heavy atom. The minimum absolute atomic E-state index is 0.0977. The molecule has 0 bridgehead atoms. The minimum atomic E-state index is -0.329. The Labute approximate surface area is 195 Å². The van der Waals surface area contributed by atoms with Gasteiger partial charge in [-0.25, -0.2) is 9.80 Å². The Kier molecular flexibility index (Phi) is 5.64. The van der Waals surface area contributed by atoms with Crippen molar-refractivity contribution in [3.63, 3.8) is 0 Å². The van der Waals surface area contributed by atoms with Gasteiger partial charge in [-0.3, -0.25) is 0 Å². The molecule has 1 atom stereocenters. The van der Waals surface area contributed by atoms with Crippen molar-refractivity contribution in [1.29, 1.82) is 0 Å². The van der Waals surface area contributed by atoms with Crippen LogP contribution in [0.3, 0.4) is 0 Å². The van der Waals surface area contributed by atoms with Crippen LogP contribution in [0.15, 0.2) is 71.8 Å². The largest absolute Gasteiger partial charge is 0.486 e. The molecule has 0 aromatic heterocycles. The Morgan fingerprint density at radius 1 is 0.906 bits per heavy atom. The minimum Gasteiger partial charge on any atom is -0.486 e. The number of hydrazone groups is 1. The van der Waals surface area contributed by atoms with Gasteiger partial charge in [0.15, 0.2) is 11.5 Å². The number of rotatable bonds is 3. The van der Waals surface area contributed by atoms with Gasteiger partial charge >= 0.3 is 6.03 Å². The summed E-state index contributed by atoms with van der Waals surface area (Å²) in [5, 5.41) is 10.3. The van der Waals surface area contributed by atoms with Gasteiger partial charge in [-0.05, 0) is 47.5 Å². The zero-order valence-electron chi connectivity index (χ0n) is 16.9. The molecular formula is C24H19Cl2N3O3. The molecule has 1 N–H and O–H groups in total. The van der Waals surface area contributed by atoms with Crippen LogP contribution in [0.4, 0.5) is 10.5 Å². The summed E-state index contributed by atoms with van der Waals surface area (Å²) in [6.07, 6.45) is 0. The van der Waals surface area contributed by atoms with Gasteiger partial charge < -0.3 is 14.8 Å². The first-order valence-electron chi connectivity index (χ1n) is 10.1. The molecule has 162 valence electrons. The van der Waals surface area contributed by atoms with E-state index in [0.717, 1.165) is 16.8 Å². The summed E-state index contributed by atoms with van der Waals surface area (Å²) in [4.78, 5) is 13.0. The van der Waals surface area contributed by atoms with Crippen molar-refractivity contribution in [2.24, 2.45) is 5.10 Å². The van der Waals surface area contributed by atoms with Crippen LogP contribution >= 0.6 is 23.2 Å². The Hall–Kier alpha value is -3.22. The molecular weight excluding hydrogens is 449 g/mol. The predicted octanol–water partition coefficient (Wildman–Crippen LogP) is 5.80. The Bertz CT molecular complexity index is 1180. The SMILES string of the molecule is O=C(Nc1ccc2c(c1)OCCO2)N1CC(c2ccc(Cl)cc2)C(c2ccc(Cl)cc2)=N1. The number of ether oxygens (including phenoxy) is 2. The van der Waals surface area contributed by atoms with Crippen LogP contribution in [0.5, 0.6) is 11.5 Å². The maximum absolute atomic E-state index is 13.0. The molecule has 1 unspecified atom stereocenters. The number of hydrogen-bond donors (Lipinski definition) is 1. The van der Waals surface area contributed by atoms with Gasteiger partial charge in [0.2, 0.25) is 0 Å². The Balaban J connectivity index is 1.41. The molecule has 3 aromatic rings. The van der Waals surface area contributed by atoms with Crippen molar-refractivity contribution in [2.45, 2.75) is 5.92 Å². The maximum atomic E-state index is 13.0. The van der Waals surface area contributed by atoms with Crippen LogP contribution in [-0.2, 0) is 0 Å². The van der Waals surface area contributed by atoms with E-state index in [1.54, 1.807) is 18.2 Å². The van der Waals surface area contributed by atoms with Crippen molar-refractivity contribution in [3.05, 3.63) is 87.9 Å². The van der Waals surface area contributed by atoms with Crippen LogP contribution in [0, 0.1) is 0 Å². The number of nitrogens with zero attached hydrogens (tertiary/aromatic N) is 2. The lowest BCUT2D eigenvalue weighted by Crippen LogP contribution is -2.30. The zero-order valence-corrected chi connectivity index (χ0v) is 18.4. The molecule has 0 saturated heterocycles. The molecule has 0 aliphatic carbocycles. The monoisotopic (exact) mass is 467 g/mol. The molecule has 0 spiro atoms. The fraction of sp³-hybridized carbons (Fsp3) is 0.167. The van der Waals surface area contributed by atoms with Crippen LogP contribution in [0.1, 0.15) is 17.0 Å². The number of amides is 2. The molecule has 0 saturated carbocycles. The van der Waals surface area contributed by atoms with Crippen LogP contribution in [0.25, 0.3) is 0 Å². The molecule has 32 heavy (non-hydrogen) atoms. The molecule has 6 nitrogen and oxygen atoms in total. The summed E-state index contributed by atoms with van der Waals surface area (Å²) in [6, 6.07) is 20.0. The first-order valence-corrected chi connectivity index (χ1v) is 10.9. The van der Waals surface area contributed by atoms with Gasteiger partial charge in [0, 0.05) is 27.7 Å². The number of benzene rings is 3. The summed E-state index contributed by atoms with van der Waals surface area (Å²) in [7, 11) is 0. The van der Waals surface area contributed by atoms with Crippen molar-refractivity contribution in [2.75, 3.05) is 25.1 Å². The molecule has 0 fully saturated rings. The average Bonchev–Trinajstić information content (AvgIpc) is 3.26. The highest BCUT2D eigenvalue weighted by Crippen LogP contribution is 2.34. The van der Waals surface area contributed by atoms with Crippen molar-refractivity contribution in [1.82, 2.24) is 5.01 Å². The smallest absolute Gasteiger partial charge is 0.342 e. The van der Waals surface area contributed by atoms with Crippen molar-refractivity contribution in [3.8, 4) is 11.5 Å². The molecule has 5 rings (SSSR count). The fourth-order valence-electron chi connectivity index (χ4n) is 3.78. The van der Waals surface area contributed by atoms with E-state index in [1.165, 1.54) is 5.01 Å². The molecule has 8 heteroatoms. The number of carbonyl (C=O) groups excluding carboxylic acids is 1. The molecule has 2 amide bonds. The van der Waals surface area contributed by atoms with Gasteiger partial charge in [-0.2, -0.15) is 5.10 Å². The molecule has 0 radical (unpaired) electrons. The van der Waals surface area contributed by atoms with E-state index in [2.05, 4.69) is 10.4 Å². The first kappa shape index (κ1) is 20.7. The van der Waals surface area contributed by atoms with E-state index >= 15 is 0 Å². The van der Waals surface area contributed by atoms with E-state index in [4.69, 9.17) is 32.7 Å². The van der Waals surface area contributed by atoms with E-state index < -0.39 is 0 Å². The molecule has 2 aliphatic rings. The molecule has 2 aliphatic heterocycles. The lowest BCUT2D eigenvalue weighted by Gasteiger charge is -2.20. The highest BCUT2D eigenvalue weighted by atomic mass is 35.5. The second-order valence-corrected chi connectivity index (χ2v) is 8.34. The third-order valence-electron chi connectivity index (χ3n) is 5.35. The van der Waals surface area contributed by atoms with E-state index in [9.17, 15) is 4.79 Å². The lowest BCUT2D eigenvalue weighted by molar-refractivity contribution is 0.171. The molecule has 3 aromatic carbocycles. The van der Waals surface area contributed by atoms with Gasteiger partial charge in [0.25, 0.3) is 0 Å². The van der Waals surface area contributed by atoms with Crippen LogP contribution in [0.2, 0.25) is 10.0 Å². The second kappa shape index (κ2) is 8.73. The van der Waals surface area contributed by atoms with Crippen molar-refractivity contribution < 1.29 is 14.3 Å². The number of halogens is 2. The number of carbonyl (C=O) groups is 1. The topological polar surface area (TPSA) is 63.2 Å². The quantitative estimate of drug-likeness (QED) is 0.529. The summed E-state index contributed by atoms with van der Waals surface area (Å²) in [5.74, 6) is 1.18. The zero-order chi connectivity index (χ0) is 22.1. The van der Waals surface area contributed by atoms with Gasteiger partial charge in [-0.1, -0.05) is 47.5 Å². The number of urea groups is 1. The van der Waals surface area contributed by atoms with Gasteiger partial charge in [-0.15, -0.1) is 0 Å². The van der Waals surface area contributed by atoms with Crippen LogP contribution in [-0.4, -0.2) is 36.5 Å². The van der Waals surface area contributed by atoms with E-state index in [-0.39, 0.29) is 11.9 Å². The van der Waals surface area contributed by atoms with E-state index in [0.29, 0.717) is 47.0 Å². The normalized spacial score (nSPS) is 17.1. The average molecular weight is 468 g/mol. The standard InChI is InChI=1S/C24H19Cl2N3O3/c25-17-5-1-15(2-6-17)20-14-29(28-23(20)16-3-7-18(26)8-4-16)24(30)27-19-9-10-21-22(13-19)32-12-11-31-21/h1-10,13,20H,11-12,14H2,(H,27,30). The summed E-state index contributed by atoms with van der Waals surface area (Å²) < 4.78 is 11.1. The summed E-state index contributed by atoms with van der Waals surface area (Å²) in [6.45, 7) is 1.39. The van der Waals surface area contributed by atoms with E-state index in [1.807, 2.05) is 48.5 Å². The number of nitrogens with one attached hydrogen (secondary N) is 1. The Morgan fingerprint density at radius 3 is 2.28 bits per heavy atom. The number of hydrogen-bond acceptors (Lipinski definition) is 4. The summed E-state index contributed by atoms with van der Waals surface area (Å²) >= 11 is 12.1. The molecule has 2 heterocycles.